The molecule has 129 valence electrons. The quantitative estimate of drug-likeness (QED) is 0.208. The minimum Gasteiger partial charge on any atom is -0.481 e. The Kier molecular flexibility index (Phi) is 22.1. The molecule has 0 rings (SSSR count). The van der Waals surface area contributed by atoms with Crippen LogP contribution in [-0.4, -0.2) is 11.1 Å². The normalized spacial score (nSPS) is 10.7. The van der Waals surface area contributed by atoms with Gasteiger partial charge in [-0.3, -0.25) is 4.79 Å². The van der Waals surface area contributed by atoms with E-state index in [0.717, 1.165) is 12.8 Å². The SMILES string of the molecule is CCCCCCCC/C=C\CCCCCCCC(=O)O.[Ag]. The van der Waals surface area contributed by atoms with Gasteiger partial charge in [-0.15, -0.1) is 0 Å². The third-order valence-electron chi connectivity index (χ3n) is 3.65. The standard InChI is InChI=1S/C18H34O2.Ag/c1-2-3-4-5-6-7-8-9-10-11-12-13-14-15-16-17-18(19)20;/h9-10H,2-8,11-17H2,1H3,(H,19,20);/b10-9-;. The Hall–Kier alpha value is -0.0497. The zero-order chi connectivity index (χ0) is 14.9. The van der Waals surface area contributed by atoms with Gasteiger partial charge in [0.15, 0.2) is 0 Å². The molecule has 0 saturated carbocycles. The third kappa shape index (κ3) is 22.4. The number of hydrogen-bond acceptors (Lipinski definition) is 1. The fraction of sp³-hybridized carbons (Fsp3) is 0.833. The topological polar surface area (TPSA) is 37.3 Å². The molecule has 0 amide bonds. The average molecular weight is 390 g/mol. The molecule has 0 bridgehead atoms. The summed E-state index contributed by atoms with van der Waals surface area (Å²) in [4.78, 5) is 10.3. The van der Waals surface area contributed by atoms with E-state index in [-0.39, 0.29) is 22.4 Å². The maximum atomic E-state index is 10.3. The van der Waals surface area contributed by atoms with Crippen LogP contribution in [0.2, 0.25) is 0 Å². The van der Waals surface area contributed by atoms with E-state index in [0.29, 0.717) is 6.42 Å². The molecule has 21 heavy (non-hydrogen) atoms. The van der Waals surface area contributed by atoms with Crippen LogP contribution in [0.25, 0.3) is 0 Å². The fourth-order valence-electron chi connectivity index (χ4n) is 2.35. The van der Waals surface area contributed by atoms with Crippen LogP contribution in [-0.2, 0) is 27.2 Å². The third-order valence-corrected chi connectivity index (χ3v) is 3.65. The molecule has 0 aliphatic rings. The number of carbonyl (C=O) groups is 1. The molecule has 0 atom stereocenters. The van der Waals surface area contributed by atoms with Crippen molar-refractivity contribution in [2.45, 2.75) is 96.8 Å². The Morgan fingerprint density at radius 2 is 1.19 bits per heavy atom. The molecule has 1 N–H and O–H groups in total. The van der Waals surface area contributed by atoms with Gasteiger partial charge in [-0.25, -0.2) is 0 Å². The Morgan fingerprint density at radius 3 is 1.67 bits per heavy atom. The Balaban J connectivity index is 0. The van der Waals surface area contributed by atoms with Crippen LogP contribution in [0.4, 0.5) is 0 Å². The van der Waals surface area contributed by atoms with Gasteiger partial charge in [0.05, 0.1) is 0 Å². The zero-order valence-corrected chi connectivity index (χ0v) is 15.2. The number of allylic oxidation sites excluding steroid dienone is 2. The maximum Gasteiger partial charge on any atom is 0.303 e. The molecule has 0 spiro atoms. The van der Waals surface area contributed by atoms with E-state index >= 15 is 0 Å². The predicted molar refractivity (Wildman–Crippen MR) is 87.1 cm³/mol. The Bertz CT molecular complexity index is 239. The van der Waals surface area contributed by atoms with Crippen LogP contribution in [0, 0.1) is 0 Å². The van der Waals surface area contributed by atoms with Gasteiger partial charge in [0.25, 0.3) is 0 Å². The van der Waals surface area contributed by atoms with Crippen LogP contribution in [0.5, 0.6) is 0 Å². The van der Waals surface area contributed by atoms with Gasteiger partial charge in [-0.2, -0.15) is 0 Å². The van der Waals surface area contributed by atoms with Gasteiger partial charge in [0, 0.05) is 28.8 Å². The van der Waals surface area contributed by atoms with Crippen molar-refractivity contribution in [2.75, 3.05) is 0 Å². The molecule has 0 unspecified atom stereocenters. The second-order valence-electron chi connectivity index (χ2n) is 5.73. The first kappa shape index (κ1) is 23.2. The molecule has 2 nitrogen and oxygen atoms in total. The summed E-state index contributed by atoms with van der Waals surface area (Å²) in [5.74, 6) is -0.664. The fourth-order valence-corrected chi connectivity index (χ4v) is 2.35. The largest absolute Gasteiger partial charge is 0.481 e. The van der Waals surface area contributed by atoms with Gasteiger partial charge >= 0.3 is 5.97 Å². The summed E-state index contributed by atoms with van der Waals surface area (Å²) in [6.07, 6.45) is 21.2. The summed E-state index contributed by atoms with van der Waals surface area (Å²) in [6.45, 7) is 2.26. The van der Waals surface area contributed by atoms with Crippen molar-refractivity contribution >= 4 is 5.97 Å². The monoisotopic (exact) mass is 389 g/mol. The molecule has 0 saturated heterocycles. The average Bonchev–Trinajstić information content (AvgIpc) is 2.43. The van der Waals surface area contributed by atoms with Crippen molar-refractivity contribution in [3.63, 3.8) is 0 Å². The van der Waals surface area contributed by atoms with E-state index in [1.54, 1.807) is 0 Å². The Labute approximate surface area is 147 Å². The van der Waals surface area contributed by atoms with E-state index in [1.807, 2.05) is 0 Å². The first-order valence-corrected chi connectivity index (χ1v) is 8.64. The van der Waals surface area contributed by atoms with Crippen molar-refractivity contribution in [3.8, 4) is 0 Å². The maximum absolute atomic E-state index is 10.3. The molecule has 0 aromatic rings. The van der Waals surface area contributed by atoms with Crippen LogP contribution in [0.1, 0.15) is 96.8 Å². The zero-order valence-electron chi connectivity index (χ0n) is 13.7. The van der Waals surface area contributed by atoms with Gasteiger partial charge in [-0.1, -0.05) is 70.4 Å². The second-order valence-corrected chi connectivity index (χ2v) is 5.73. The molecule has 0 aliphatic heterocycles. The molecular formula is C18H34AgO2. The summed E-state index contributed by atoms with van der Waals surface area (Å²) in [5.41, 5.74) is 0. The minimum absolute atomic E-state index is 0. The van der Waals surface area contributed by atoms with Gasteiger partial charge in [0.1, 0.15) is 0 Å². The summed E-state index contributed by atoms with van der Waals surface area (Å²) in [6, 6.07) is 0. The van der Waals surface area contributed by atoms with Crippen LogP contribution < -0.4 is 0 Å². The van der Waals surface area contributed by atoms with Gasteiger partial charge in [-0.05, 0) is 32.1 Å². The van der Waals surface area contributed by atoms with Crippen molar-refractivity contribution in [1.29, 1.82) is 0 Å². The molecule has 0 aliphatic carbocycles. The number of carboxylic acids is 1. The van der Waals surface area contributed by atoms with Crippen molar-refractivity contribution in [1.82, 2.24) is 0 Å². The number of carboxylic acid groups (broad SMARTS) is 1. The predicted octanol–water partition coefficient (Wildman–Crippen LogP) is 6.11. The molecular weight excluding hydrogens is 356 g/mol. The number of hydrogen-bond donors (Lipinski definition) is 1. The smallest absolute Gasteiger partial charge is 0.303 e. The van der Waals surface area contributed by atoms with Crippen LogP contribution in [0.15, 0.2) is 12.2 Å². The van der Waals surface area contributed by atoms with Gasteiger partial charge < -0.3 is 5.11 Å². The first-order chi connectivity index (χ1) is 9.77. The van der Waals surface area contributed by atoms with E-state index < -0.39 is 5.97 Å². The summed E-state index contributed by atoms with van der Waals surface area (Å²) >= 11 is 0. The molecule has 1 radical (unpaired) electrons. The first-order valence-electron chi connectivity index (χ1n) is 8.64. The van der Waals surface area contributed by atoms with E-state index in [9.17, 15) is 4.79 Å². The number of unbranched alkanes of at least 4 members (excludes halogenated alkanes) is 11. The van der Waals surface area contributed by atoms with E-state index in [1.165, 1.54) is 70.6 Å². The minimum atomic E-state index is -0.664. The summed E-state index contributed by atoms with van der Waals surface area (Å²) in [7, 11) is 0. The summed E-state index contributed by atoms with van der Waals surface area (Å²) in [5, 5.41) is 8.51. The van der Waals surface area contributed by atoms with Crippen LogP contribution in [0.3, 0.4) is 0 Å². The van der Waals surface area contributed by atoms with E-state index in [2.05, 4.69) is 19.1 Å². The second kappa shape index (κ2) is 20.0. The van der Waals surface area contributed by atoms with E-state index in [4.69, 9.17) is 5.11 Å². The van der Waals surface area contributed by atoms with Crippen molar-refractivity contribution in [2.24, 2.45) is 0 Å². The number of aliphatic carboxylic acids is 1. The molecule has 0 heterocycles. The van der Waals surface area contributed by atoms with Crippen molar-refractivity contribution in [3.05, 3.63) is 12.2 Å². The summed E-state index contributed by atoms with van der Waals surface area (Å²) < 4.78 is 0. The molecule has 0 fully saturated rings. The molecule has 0 aromatic carbocycles. The van der Waals surface area contributed by atoms with Crippen molar-refractivity contribution < 1.29 is 32.3 Å². The van der Waals surface area contributed by atoms with Crippen LogP contribution >= 0.6 is 0 Å². The van der Waals surface area contributed by atoms with Gasteiger partial charge in [0.2, 0.25) is 0 Å². The number of rotatable bonds is 15. The Morgan fingerprint density at radius 1 is 0.762 bits per heavy atom. The molecule has 0 aromatic heterocycles. The molecule has 3 heteroatoms.